The van der Waals surface area contributed by atoms with Crippen LogP contribution in [0.5, 0.6) is 0 Å². The van der Waals surface area contributed by atoms with Crippen molar-refractivity contribution in [3.05, 3.63) is 77.9 Å². The van der Waals surface area contributed by atoms with Gasteiger partial charge >= 0.3 is 6.18 Å². The number of alkyl halides is 3. The topological polar surface area (TPSA) is 32.3 Å². The first kappa shape index (κ1) is 21.4. The quantitative estimate of drug-likeness (QED) is 0.302. The molecule has 1 saturated heterocycles. The third-order valence-corrected chi connectivity index (χ3v) is 6.09. The molecule has 1 aliphatic heterocycles. The van der Waals surface area contributed by atoms with Gasteiger partial charge in [-0.25, -0.2) is 14.4 Å². The fourth-order valence-corrected chi connectivity index (χ4v) is 4.19. The molecule has 2 aromatic carbocycles. The van der Waals surface area contributed by atoms with E-state index < -0.39 is 11.7 Å². The Morgan fingerprint density at radius 1 is 0.839 bits per heavy atom. The fourth-order valence-electron chi connectivity index (χ4n) is 3.37. The molecule has 0 unspecified atom stereocenters. The molecule has 0 saturated carbocycles. The molecular weight excluding hydrogens is 428 g/mol. The van der Waals surface area contributed by atoms with Crippen molar-refractivity contribution < 1.29 is 17.6 Å². The Morgan fingerprint density at radius 2 is 1.48 bits per heavy atom. The molecule has 0 amide bonds. The molecule has 0 aliphatic carbocycles. The Kier molecular flexibility index (Phi) is 6.31. The van der Waals surface area contributed by atoms with Gasteiger partial charge in [0.05, 0.1) is 5.56 Å². The van der Waals surface area contributed by atoms with E-state index in [0.717, 1.165) is 60.4 Å². The molecule has 0 atom stereocenters. The second-order valence-corrected chi connectivity index (χ2v) is 8.14. The molecule has 1 aliphatic rings. The first-order valence-electron chi connectivity index (χ1n) is 9.75. The Hall–Kier alpha value is -2.81. The van der Waals surface area contributed by atoms with E-state index in [1.54, 1.807) is 12.1 Å². The molecule has 0 N–H and O–H groups in total. The number of benzene rings is 2. The smallest absolute Gasteiger partial charge is 0.368 e. The Bertz CT molecular complexity index is 1000. The van der Waals surface area contributed by atoms with Crippen LogP contribution in [0.4, 0.5) is 29.1 Å². The number of rotatable bonds is 5. The minimum atomic E-state index is -4.33. The van der Waals surface area contributed by atoms with Gasteiger partial charge in [0.1, 0.15) is 23.0 Å². The van der Waals surface area contributed by atoms with Crippen LogP contribution >= 0.6 is 11.8 Å². The van der Waals surface area contributed by atoms with Crippen LogP contribution in [0, 0.1) is 5.82 Å². The number of thioether (sulfide) groups is 1. The van der Waals surface area contributed by atoms with Crippen molar-refractivity contribution in [1.82, 2.24) is 9.97 Å². The van der Waals surface area contributed by atoms with Gasteiger partial charge in [-0.05, 0) is 42.0 Å². The number of halogens is 4. The van der Waals surface area contributed by atoms with Crippen LogP contribution in [0.25, 0.3) is 0 Å². The van der Waals surface area contributed by atoms with Crippen LogP contribution in [-0.4, -0.2) is 36.1 Å². The van der Waals surface area contributed by atoms with Gasteiger partial charge in [-0.3, -0.25) is 0 Å². The van der Waals surface area contributed by atoms with E-state index in [0.29, 0.717) is 5.75 Å². The molecule has 9 heteroatoms. The molecule has 1 aromatic heterocycles. The van der Waals surface area contributed by atoms with Gasteiger partial charge in [0.2, 0.25) is 0 Å². The molecular formula is C22H20F4N4S. The highest BCUT2D eigenvalue weighted by atomic mass is 32.2. The average molecular weight is 448 g/mol. The zero-order chi connectivity index (χ0) is 21.8. The van der Waals surface area contributed by atoms with Crippen molar-refractivity contribution in [1.29, 1.82) is 0 Å². The maximum Gasteiger partial charge on any atom is 0.416 e. The minimum absolute atomic E-state index is 0.246. The highest BCUT2D eigenvalue weighted by Gasteiger charge is 2.29. The second-order valence-electron chi connectivity index (χ2n) is 7.15. The summed E-state index contributed by atoms with van der Waals surface area (Å²) in [5, 5.41) is 0.769. The fraction of sp³-hybridized carbons (Fsp3) is 0.273. The molecule has 0 spiro atoms. The maximum absolute atomic E-state index is 13.1. The van der Waals surface area contributed by atoms with Crippen LogP contribution < -0.4 is 9.80 Å². The van der Waals surface area contributed by atoms with E-state index >= 15 is 0 Å². The van der Waals surface area contributed by atoms with Crippen LogP contribution in [0.15, 0.2) is 66.0 Å². The molecule has 162 valence electrons. The molecule has 1 fully saturated rings. The van der Waals surface area contributed by atoms with E-state index in [2.05, 4.69) is 19.8 Å². The van der Waals surface area contributed by atoms with Crippen LogP contribution in [-0.2, 0) is 11.9 Å². The minimum Gasteiger partial charge on any atom is -0.368 e. The van der Waals surface area contributed by atoms with Gasteiger partial charge in [-0.1, -0.05) is 12.1 Å². The third-order valence-electron chi connectivity index (χ3n) is 5.09. The number of aromatic nitrogens is 2. The van der Waals surface area contributed by atoms with E-state index in [4.69, 9.17) is 0 Å². The summed E-state index contributed by atoms with van der Waals surface area (Å²) < 4.78 is 51.2. The van der Waals surface area contributed by atoms with Crippen molar-refractivity contribution in [3.8, 4) is 0 Å². The highest BCUT2D eigenvalue weighted by Crippen LogP contribution is 2.30. The summed E-state index contributed by atoms with van der Waals surface area (Å²) in [6.07, 6.45) is -2.81. The predicted octanol–water partition coefficient (Wildman–Crippen LogP) is 5.25. The molecule has 31 heavy (non-hydrogen) atoms. The van der Waals surface area contributed by atoms with Crippen molar-refractivity contribution in [3.63, 3.8) is 0 Å². The lowest BCUT2D eigenvalue weighted by Crippen LogP contribution is -2.46. The summed E-state index contributed by atoms with van der Waals surface area (Å²) in [4.78, 5) is 13.0. The van der Waals surface area contributed by atoms with Gasteiger partial charge in [0.25, 0.3) is 0 Å². The zero-order valence-electron chi connectivity index (χ0n) is 16.5. The largest absolute Gasteiger partial charge is 0.416 e. The number of nitrogens with zero attached hydrogens (tertiary/aromatic N) is 4. The zero-order valence-corrected chi connectivity index (χ0v) is 17.3. The van der Waals surface area contributed by atoms with Gasteiger partial charge in [0, 0.05) is 43.7 Å². The molecule has 0 radical (unpaired) electrons. The van der Waals surface area contributed by atoms with Gasteiger partial charge in [0.15, 0.2) is 0 Å². The third kappa shape index (κ3) is 5.46. The van der Waals surface area contributed by atoms with Gasteiger partial charge < -0.3 is 9.80 Å². The maximum atomic E-state index is 13.1. The average Bonchev–Trinajstić information content (AvgIpc) is 2.78. The van der Waals surface area contributed by atoms with Gasteiger partial charge in [-0.2, -0.15) is 13.2 Å². The lowest BCUT2D eigenvalue weighted by molar-refractivity contribution is -0.137. The van der Waals surface area contributed by atoms with Crippen LogP contribution in [0.3, 0.4) is 0 Å². The molecule has 3 aromatic rings. The monoisotopic (exact) mass is 448 g/mol. The molecule has 0 bridgehead atoms. The van der Waals surface area contributed by atoms with Crippen molar-refractivity contribution >= 4 is 23.3 Å². The Balaban J connectivity index is 1.34. The van der Waals surface area contributed by atoms with E-state index in [1.165, 1.54) is 42.4 Å². The van der Waals surface area contributed by atoms with E-state index in [9.17, 15) is 17.6 Å². The molecule has 4 nitrogen and oxygen atoms in total. The summed E-state index contributed by atoms with van der Waals surface area (Å²) in [5.74, 6) is 1.10. The predicted molar refractivity (Wildman–Crippen MR) is 114 cm³/mol. The summed E-state index contributed by atoms with van der Waals surface area (Å²) in [5.41, 5.74) is 1.15. The number of hydrogen-bond acceptors (Lipinski definition) is 5. The van der Waals surface area contributed by atoms with Crippen molar-refractivity contribution in [2.75, 3.05) is 36.0 Å². The van der Waals surface area contributed by atoms with Crippen molar-refractivity contribution in [2.45, 2.75) is 17.0 Å². The van der Waals surface area contributed by atoms with E-state index in [1.807, 2.05) is 6.07 Å². The summed E-state index contributed by atoms with van der Waals surface area (Å²) >= 11 is 1.46. The second kappa shape index (κ2) is 9.13. The lowest BCUT2D eigenvalue weighted by atomic mass is 10.1. The number of piperazine rings is 1. The first-order chi connectivity index (χ1) is 14.9. The molecule has 4 rings (SSSR count). The number of hydrogen-bond donors (Lipinski definition) is 0. The summed E-state index contributed by atoms with van der Waals surface area (Å²) in [6.45, 7) is 3.14. The summed E-state index contributed by atoms with van der Waals surface area (Å²) in [6, 6.07) is 13.6. The van der Waals surface area contributed by atoms with E-state index in [-0.39, 0.29) is 5.82 Å². The van der Waals surface area contributed by atoms with Crippen molar-refractivity contribution in [2.24, 2.45) is 0 Å². The highest BCUT2D eigenvalue weighted by molar-refractivity contribution is 7.98. The lowest BCUT2D eigenvalue weighted by Gasteiger charge is -2.36. The van der Waals surface area contributed by atoms with Crippen LogP contribution in [0.2, 0.25) is 0 Å². The molecule has 2 heterocycles. The van der Waals surface area contributed by atoms with Crippen LogP contribution in [0.1, 0.15) is 11.1 Å². The number of anilines is 2. The standard InChI is InChI=1S/C22H20F4N4S/c23-18-5-7-19(8-6-18)29-9-11-30(12-10-29)20-13-21(28-15-27-20)31-14-16-1-3-17(4-2-16)22(24,25)26/h1-8,13,15H,9-12,14H2. The Labute approximate surface area is 181 Å². The normalized spacial score (nSPS) is 14.7. The first-order valence-corrected chi connectivity index (χ1v) is 10.7. The van der Waals surface area contributed by atoms with Gasteiger partial charge in [-0.15, -0.1) is 11.8 Å². The SMILES string of the molecule is Fc1ccc(N2CCN(c3cc(SCc4ccc(C(F)(F)F)cc4)ncn3)CC2)cc1. The summed E-state index contributed by atoms with van der Waals surface area (Å²) in [7, 11) is 0. The Morgan fingerprint density at radius 3 is 2.13 bits per heavy atom.